The van der Waals surface area contributed by atoms with Crippen LogP contribution in [0.25, 0.3) is 11.3 Å². The van der Waals surface area contributed by atoms with Crippen LogP contribution in [0.3, 0.4) is 0 Å². The zero-order valence-corrected chi connectivity index (χ0v) is 20.3. The highest BCUT2D eigenvalue weighted by atomic mass is 35.5. The maximum atomic E-state index is 12.3. The Morgan fingerprint density at radius 3 is 2.59 bits per heavy atom. The van der Waals surface area contributed by atoms with Crippen LogP contribution in [0.2, 0.25) is 5.02 Å². The van der Waals surface area contributed by atoms with Crippen molar-refractivity contribution >= 4 is 29.3 Å². The van der Waals surface area contributed by atoms with Gasteiger partial charge in [-0.15, -0.1) is 10.2 Å². The van der Waals surface area contributed by atoms with Gasteiger partial charge in [-0.1, -0.05) is 29.4 Å². The van der Waals surface area contributed by atoms with Crippen molar-refractivity contribution in [3.8, 4) is 17.1 Å². The summed E-state index contributed by atoms with van der Waals surface area (Å²) in [5.41, 5.74) is 3.14. The molecular formula is C24H24ClN5O3S. The molecule has 0 spiro atoms. The molecule has 10 heteroatoms. The number of carbonyl (C=O) groups excluding carboxylic acids is 1. The zero-order chi connectivity index (χ0) is 24.1. The molecule has 2 aromatic heterocycles. The number of amides is 1. The van der Waals surface area contributed by atoms with E-state index in [0.29, 0.717) is 27.5 Å². The first-order chi connectivity index (χ1) is 16.4. The van der Waals surface area contributed by atoms with Gasteiger partial charge in [0.05, 0.1) is 12.3 Å². The normalized spacial score (nSPS) is 10.9. The fourth-order valence-electron chi connectivity index (χ4n) is 3.28. The predicted octanol–water partition coefficient (Wildman–Crippen LogP) is 4.51. The van der Waals surface area contributed by atoms with Gasteiger partial charge in [0.25, 0.3) is 0 Å². The Balaban J connectivity index is 1.25. The van der Waals surface area contributed by atoms with Crippen LogP contribution >= 0.6 is 23.4 Å². The summed E-state index contributed by atoms with van der Waals surface area (Å²) in [7, 11) is 0. The van der Waals surface area contributed by atoms with Gasteiger partial charge in [0.2, 0.25) is 11.1 Å². The molecule has 0 unspecified atom stereocenters. The molecule has 2 aromatic carbocycles. The molecule has 0 fully saturated rings. The molecule has 3 N–H and O–H groups in total. The lowest BCUT2D eigenvalue weighted by Gasteiger charge is -2.08. The first-order valence-corrected chi connectivity index (χ1v) is 11.9. The van der Waals surface area contributed by atoms with E-state index in [-0.39, 0.29) is 24.8 Å². The van der Waals surface area contributed by atoms with E-state index in [2.05, 4.69) is 21.6 Å². The van der Waals surface area contributed by atoms with Crippen molar-refractivity contribution in [1.82, 2.24) is 20.2 Å². The van der Waals surface area contributed by atoms with Crippen molar-refractivity contribution in [2.24, 2.45) is 0 Å². The minimum atomic E-state index is -0.175. The molecule has 8 nitrogen and oxygen atoms in total. The Hall–Kier alpha value is -3.43. The summed E-state index contributed by atoms with van der Waals surface area (Å²) in [5, 5.41) is 12.0. The molecule has 0 aliphatic rings. The molecule has 0 bridgehead atoms. The number of hydrogen-bond donors (Lipinski definition) is 2. The summed E-state index contributed by atoms with van der Waals surface area (Å²) in [6.07, 6.45) is 0. The third kappa shape index (κ3) is 6.12. The standard InChI is InChI=1S/C24H24ClN5O3S/c1-15-9-16(2)11-20(10-15)32-13-22-28-29-24(30(22)26)34-14-23(31)27-12-19-7-8-21(33-19)17-3-5-18(25)6-4-17/h3-11H,12-14,26H2,1-2H3,(H,27,31). The lowest BCUT2D eigenvalue weighted by molar-refractivity contribution is -0.118. The first kappa shape index (κ1) is 23.7. The number of nitrogens with two attached hydrogens (primary N) is 1. The molecule has 176 valence electrons. The van der Waals surface area contributed by atoms with Crippen LogP contribution in [0.1, 0.15) is 22.7 Å². The third-order valence-electron chi connectivity index (χ3n) is 4.88. The Morgan fingerprint density at radius 2 is 1.85 bits per heavy atom. The number of ether oxygens (including phenoxy) is 1. The van der Waals surface area contributed by atoms with Gasteiger partial charge in [-0.2, -0.15) is 0 Å². The summed E-state index contributed by atoms with van der Waals surface area (Å²) in [6, 6.07) is 17.0. The van der Waals surface area contributed by atoms with Crippen molar-refractivity contribution in [2.45, 2.75) is 32.2 Å². The molecule has 0 radical (unpaired) electrons. The second kappa shape index (κ2) is 10.7. The van der Waals surface area contributed by atoms with Crippen LogP contribution in [0.5, 0.6) is 5.75 Å². The number of thioether (sulfide) groups is 1. The van der Waals surface area contributed by atoms with Gasteiger partial charge < -0.3 is 20.3 Å². The van der Waals surface area contributed by atoms with E-state index in [1.54, 1.807) is 12.1 Å². The molecule has 4 rings (SSSR count). The molecule has 0 saturated carbocycles. The topological polar surface area (TPSA) is 108 Å². The van der Waals surface area contributed by atoms with Gasteiger partial charge in [0.15, 0.2) is 5.82 Å². The van der Waals surface area contributed by atoms with E-state index in [1.165, 1.54) is 16.4 Å². The van der Waals surface area contributed by atoms with Crippen LogP contribution in [0.15, 0.2) is 64.2 Å². The average molecular weight is 498 g/mol. The van der Waals surface area contributed by atoms with Crippen LogP contribution in [0.4, 0.5) is 0 Å². The summed E-state index contributed by atoms with van der Waals surface area (Å²) in [5.74, 6) is 8.61. The molecular weight excluding hydrogens is 474 g/mol. The van der Waals surface area contributed by atoms with E-state index in [4.69, 9.17) is 26.6 Å². The zero-order valence-electron chi connectivity index (χ0n) is 18.7. The number of carbonyl (C=O) groups is 1. The highest BCUT2D eigenvalue weighted by molar-refractivity contribution is 7.99. The maximum absolute atomic E-state index is 12.3. The fourth-order valence-corrected chi connectivity index (χ4v) is 4.11. The molecule has 4 aromatic rings. The van der Waals surface area contributed by atoms with Crippen molar-refractivity contribution in [1.29, 1.82) is 0 Å². The number of hydrogen-bond acceptors (Lipinski definition) is 7. The predicted molar refractivity (Wildman–Crippen MR) is 132 cm³/mol. The fraction of sp³-hybridized carbons (Fsp3) is 0.208. The minimum Gasteiger partial charge on any atom is -0.486 e. The Bertz CT molecular complexity index is 1270. The van der Waals surface area contributed by atoms with Gasteiger partial charge in [-0.05, 0) is 73.5 Å². The van der Waals surface area contributed by atoms with Crippen molar-refractivity contribution in [3.63, 3.8) is 0 Å². The molecule has 2 heterocycles. The number of furan rings is 1. The van der Waals surface area contributed by atoms with E-state index >= 15 is 0 Å². The van der Waals surface area contributed by atoms with Gasteiger partial charge >= 0.3 is 0 Å². The number of aromatic nitrogens is 3. The molecule has 1 amide bonds. The molecule has 0 atom stereocenters. The number of rotatable bonds is 9. The van der Waals surface area contributed by atoms with E-state index in [1.807, 2.05) is 50.2 Å². The highest BCUT2D eigenvalue weighted by Crippen LogP contribution is 2.24. The first-order valence-electron chi connectivity index (χ1n) is 10.5. The second-order valence-electron chi connectivity index (χ2n) is 7.72. The lowest BCUT2D eigenvalue weighted by Crippen LogP contribution is -2.25. The minimum absolute atomic E-state index is 0.137. The Morgan fingerprint density at radius 1 is 1.12 bits per heavy atom. The quantitative estimate of drug-likeness (QED) is 0.258. The van der Waals surface area contributed by atoms with Crippen LogP contribution in [-0.2, 0) is 17.9 Å². The van der Waals surface area contributed by atoms with Crippen molar-refractivity contribution < 1.29 is 13.9 Å². The van der Waals surface area contributed by atoms with Gasteiger partial charge in [-0.25, -0.2) is 4.68 Å². The number of aryl methyl sites for hydroxylation is 2. The summed E-state index contributed by atoms with van der Waals surface area (Å²) in [6.45, 7) is 4.47. The average Bonchev–Trinajstić information content (AvgIpc) is 3.41. The largest absolute Gasteiger partial charge is 0.486 e. The SMILES string of the molecule is Cc1cc(C)cc(OCc2nnc(SCC(=O)NCc3ccc(-c4ccc(Cl)cc4)o3)n2N)c1. The highest BCUT2D eigenvalue weighted by Gasteiger charge is 2.14. The monoisotopic (exact) mass is 497 g/mol. The van der Waals surface area contributed by atoms with Gasteiger partial charge in [0, 0.05) is 10.6 Å². The van der Waals surface area contributed by atoms with E-state index in [0.717, 1.165) is 22.4 Å². The third-order valence-corrected chi connectivity index (χ3v) is 6.08. The Kier molecular flexibility index (Phi) is 7.44. The molecule has 0 aliphatic heterocycles. The number of nitrogens with zero attached hydrogens (tertiary/aromatic N) is 3. The maximum Gasteiger partial charge on any atom is 0.230 e. The van der Waals surface area contributed by atoms with Crippen molar-refractivity contribution in [2.75, 3.05) is 11.6 Å². The number of benzene rings is 2. The number of nitrogen functional groups attached to an aromatic ring is 1. The summed E-state index contributed by atoms with van der Waals surface area (Å²) < 4.78 is 12.9. The molecule has 34 heavy (non-hydrogen) atoms. The lowest BCUT2D eigenvalue weighted by atomic mass is 10.1. The van der Waals surface area contributed by atoms with Crippen LogP contribution in [0, 0.1) is 13.8 Å². The summed E-state index contributed by atoms with van der Waals surface area (Å²) >= 11 is 7.12. The van der Waals surface area contributed by atoms with Gasteiger partial charge in [-0.3, -0.25) is 4.79 Å². The van der Waals surface area contributed by atoms with Crippen LogP contribution < -0.4 is 15.9 Å². The van der Waals surface area contributed by atoms with Crippen LogP contribution in [-0.4, -0.2) is 26.5 Å². The molecule has 0 aliphatic carbocycles. The number of halogens is 1. The van der Waals surface area contributed by atoms with Crippen molar-refractivity contribution in [3.05, 3.63) is 82.3 Å². The van der Waals surface area contributed by atoms with Gasteiger partial charge in [0.1, 0.15) is 23.9 Å². The second-order valence-corrected chi connectivity index (χ2v) is 9.10. The number of nitrogens with one attached hydrogen (secondary N) is 1. The summed E-state index contributed by atoms with van der Waals surface area (Å²) in [4.78, 5) is 12.3. The Labute approximate surface area is 206 Å². The van der Waals surface area contributed by atoms with E-state index < -0.39 is 0 Å². The van der Waals surface area contributed by atoms with E-state index in [9.17, 15) is 4.79 Å². The molecule has 0 saturated heterocycles. The smallest absolute Gasteiger partial charge is 0.230 e.